The Kier molecular flexibility index (Phi) is 4.90. The SMILES string of the molecule is C1=CCC=C2OCCCOC2=C1.CC. The van der Waals surface area contributed by atoms with Gasteiger partial charge < -0.3 is 9.47 Å². The van der Waals surface area contributed by atoms with Gasteiger partial charge in [-0.25, -0.2) is 0 Å². The van der Waals surface area contributed by atoms with E-state index in [-0.39, 0.29) is 0 Å². The highest BCUT2D eigenvalue weighted by atomic mass is 16.5. The average molecular weight is 194 g/mol. The quantitative estimate of drug-likeness (QED) is 0.589. The Balaban J connectivity index is 0.000000461. The molecular formula is C12H18O2. The lowest BCUT2D eigenvalue weighted by Crippen LogP contribution is -1.93. The van der Waals surface area contributed by atoms with Gasteiger partial charge in [-0.3, -0.25) is 0 Å². The van der Waals surface area contributed by atoms with Crippen molar-refractivity contribution in [3.8, 4) is 0 Å². The highest BCUT2D eigenvalue weighted by Crippen LogP contribution is 2.20. The monoisotopic (exact) mass is 194 g/mol. The van der Waals surface area contributed by atoms with Gasteiger partial charge in [0.1, 0.15) is 0 Å². The molecule has 0 N–H and O–H groups in total. The van der Waals surface area contributed by atoms with E-state index in [2.05, 4.69) is 12.2 Å². The van der Waals surface area contributed by atoms with Crippen LogP contribution in [0.5, 0.6) is 0 Å². The Labute approximate surface area is 85.9 Å². The zero-order valence-corrected chi connectivity index (χ0v) is 8.95. The zero-order chi connectivity index (χ0) is 10.2. The Morgan fingerprint density at radius 1 is 1.07 bits per heavy atom. The fourth-order valence-electron chi connectivity index (χ4n) is 1.26. The molecule has 2 aliphatic rings. The van der Waals surface area contributed by atoms with E-state index in [0.29, 0.717) is 0 Å². The van der Waals surface area contributed by atoms with Crippen LogP contribution in [-0.4, -0.2) is 13.2 Å². The van der Waals surface area contributed by atoms with Crippen LogP contribution in [0.25, 0.3) is 0 Å². The molecule has 0 unspecified atom stereocenters. The maximum Gasteiger partial charge on any atom is 0.160 e. The molecule has 1 heterocycles. The molecule has 1 aliphatic carbocycles. The van der Waals surface area contributed by atoms with E-state index < -0.39 is 0 Å². The van der Waals surface area contributed by atoms with Gasteiger partial charge in [-0.05, 0) is 18.6 Å². The third-order valence-electron chi connectivity index (χ3n) is 1.87. The average Bonchev–Trinajstić information content (AvgIpc) is 2.56. The van der Waals surface area contributed by atoms with Crippen LogP contribution >= 0.6 is 0 Å². The molecule has 0 aromatic carbocycles. The van der Waals surface area contributed by atoms with Crippen molar-refractivity contribution in [1.82, 2.24) is 0 Å². The fourth-order valence-corrected chi connectivity index (χ4v) is 1.26. The summed E-state index contributed by atoms with van der Waals surface area (Å²) in [6, 6.07) is 0. The number of hydrogen-bond donors (Lipinski definition) is 0. The summed E-state index contributed by atoms with van der Waals surface area (Å²) in [4.78, 5) is 0. The number of hydrogen-bond acceptors (Lipinski definition) is 2. The van der Waals surface area contributed by atoms with E-state index in [0.717, 1.165) is 37.6 Å². The molecule has 0 bridgehead atoms. The Bertz CT molecular complexity index is 249. The van der Waals surface area contributed by atoms with Crippen molar-refractivity contribution in [1.29, 1.82) is 0 Å². The van der Waals surface area contributed by atoms with Gasteiger partial charge in [-0.1, -0.05) is 26.0 Å². The molecule has 2 rings (SSSR count). The van der Waals surface area contributed by atoms with Gasteiger partial charge in [-0.2, -0.15) is 0 Å². The summed E-state index contributed by atoms with van der Waals surface area (Å²) >= 11 is 0. The van der Waals surface area contributed by atoms with Crippen molar-refractivity contribution in [2.75, 3.05) is 13.2 Å². The summed E-state index contributed by atoms with van der Waals surface area (Å²) in [5.41, 5.74) is 0. The summed E-state index contributed by atoms with van der Waals surface area (Å²) < 4.78 is 11.0. The molecule has 0 atom stereocenters. The van der Waals surface area contributed by atoms with E-state index in [9.17, 15) is 0 Å². The second-order valence-corrected chi connectivity index (χ2v) is 2.81. The second-order valence-electron chi connectivity index (χ2n) is 2.81. The Morgan fingerprint density at radius 3 is 2.57 bits per heavy atom. The summed E-state index contributed by atoms with van der Waals surface area (Å²) in [5.74, 6) is 1.78. The molecule has 78 valence electrons. The first kappa shape index (κ1) is 10.9. The predicted octanol–water partition coefficient (Wildman–Crippen LogP) is 3.18. The lowest BCUT2D eigenvalue weighted by Gasteiger charge is -2.06. The van der Waals surface area contributed by atoms with Crippen molar-refractivity contribution in [2.45, 2.75) is 26.7 Å². The van der Waals surface area contributed by atoms with Gasteiger partial charge in [0, 0.05) is 6.42 Å². The minimum Gasteiger partial charge on any atom is -0.490 e. The van der Waals surface area contributed by atoms with E-state index in [1.165, 1.54) is 0 Å². The lowest BCUT2D eigenvalue weighted by atomic mass is 10.3. The maximum absolute atomic E-state index is 5.51. The molecule has 2 heteroatoms. The van der Waals surface area contributed by atoms with Crippen LogP contribution in [0, 0.1) is 0 Å². The second kappa shape index (κ2) is 6.30. The molecule has 0 aromatic heterocycles. The van der Waals surface area contributed by atoms with Crippen LogP contribution in [0.15, 0.2) is 35.8 Å². The van der Waals surface area contributed by atoms with Gasteiger partial charge in [0.15, 0.2) is 11.5 Å². The molecule has 0 aromatic rings. The molecule has 14 heavy (non-hydrogen) atoms. The third kappa shape index (κ3) is 2.95. The molecule has 1 saturated heterocycles. The van der Waals surface area contributed by atoms with Crippen LogP contribution in [0.3, 0.4) is 0 Å². The minimum atomic E-state index is 0.761. The van der Waals surface area contributed by atoms with Crippen molar-refractivity contribution < 1.29 is 9.47 Å². The van der Waals surface area contributed by atoms with Crippen molar-refractivity contribution >= 4 is 0 Å². The highest BCUT2D eigenvalue weighted by molar-refractivity contribution is 5.28. The van der Waals surface area contributed by atoms with E-state index >= 15 is 0 Å². The van der Waals surface area contributed by atoms with Gasteiger partial charge in [0.05, 0.1) is 13.2 Å². The first-order chi connectivity index (χ1) is 6.97. The molecule has 0 radical (unpaired) electrons. The molecule has 1 fully saturated rings. The van der Waals surface area contributed by atoms with E-state index in [1.807, 2.05) is 26.0 Å². The third-order valence-corrected chi connectivity index (χ3v) is 1.87. The standard InChI is InChI=1S/C10H12O2.C2H6/c1-2-5-9-10(6-3-1)12-8-4-7-11-9;1-2/h1-2,5-6H,3-4,7-8H2;1-2H3. The molecule has 2 nitrogen and oxygen atoms in total. The number of rotatable bonds is 0. The topological polar surface area (TPSA) is 18.5 Å². The first-order valence-corrected chi connectivity index (χ1v) is 5.30. The van der Waals surface area contributed by atoms with Crippen LogP contribution in [0.2, 0.25) is 0 Å². The van der Waals surface area contributed by atoms with Gasteiger partial charge in [0.2, 0.25) is 0 Å². The molecule has 1 aliphatic heterocycles. The number of fused-ring (bicyclic) bond motifs is 1. The van der Waals surface area contributed by atoms with Crippen molar-refractivity contribution in [3.05, 3.63) is 35.8 Å². The van der Waals surface area contributed by atoms with Crippen molar-refractivity contribution in [2.24, 2.45) is 0 Å². The molecule has 0 amide bonds. The van der Waals surface area contributed by atoms with Crippen LogP contribution in [0.1, 0.15) is 26.7 Å². The molecule has 0 spiro atoms. The summed E-state index contributed by atoms with van der Waals surface area (Å²) in [6.45, 7) is 5.53. The van der Waals surface area contributed by atoms with E-state index in [1.54, 1.807) is 0 Å². The van der Waals surface area contributed by atoms with Gasteiger partial charge in [-0.15, -0.1) is 0 Å². The smallest absolute Gasteiger partial charge is 0.160 e. The first-order valence-electron chi connectivity index (χ1n) is 5.30. The molecule has 0 saturated carbocycles. The van der Waals surface area contributed by atoms with E-state index in [4.69, 9.17) is 9.47 Å². The van der Waals surface area contributed by atoms with Crippen LogP contribution < -0.4 is 0 Å². The van der Waals surface area contributed by atoms with Gasteiger partial charge >= 0.3 is 0 Å². The maximum atomic E-state index is 5.51. The van der Waals surface area contributed by atoms with Crippen LogP contribution in [-0.2, 0) is 9.47 Å². The summed E-state index contributed by atoms with van der Waals surface area (Å²) in [6.07, 6.45) is 10.0. The Morgan fingerprint density at radius 2 is 1.79 bits per heavy atom. The predicted molar refractivity (Wildman–Crippen MR) is 57.8 cm³/mol. The normalized spacial score (nSPS) is 19.3. The minimum absolute atomic E-state index is 0.761. The summed E-state index contributed by atoms with van der Waals surface area (Å²) in [5, 5.41) is 0. The zero-order valence-electron chi connectivity index (χ0n) is 8.95. The summed E-state index contributed by atoms with van der Waals surface area (Å²) in [7, 11) is 0. The lowest BCUT2D eigenvalue weighted by molar-refractivity contribution is 0.220. The highest BCUT2D eigenvalue weighted by Gasteiger charge is 2.11. The fraction of sp³-hybridized carbons (Fsp3) is 0.500. The van der Waals surface area contributed by atoms with Crippen LogP contribution in [0.4, 0.5) is 0 Å². The van der Waals surface area contributed by atoms with Gasteiger partial charge in [0.25, 0.3) is 0 Å². The van der Waals surface area contributed by atoms with Crippen molar-refractivity contribution in [3.63, 3.8) is 0 Å². The largest absolute Gasteiger partial charge is 0.490 e. The Hall–Kier alpha value is -1.18. The number of ether oxygens (including phenoxy) is 2. The number of allylic oxidation sites excluding steroid dienone is 4. The molecular weight excluding hydrogens is 176 g/mol.